The number of carbonyl (C=O) groups is 1. The average molecular weight is 360 g/mol. The van der Waals surface area contributed by atoms with Crippen LogP contribution in [0.25, 0.3) is 0 Å². The second-order valence-electron chi connectivity index (χ2n) is 5.19. The Morgan fingerprint density at radius 2 is 1.74 bits per heavy atom. The van der Waals surface area contributed by atoms with E-state index in [4.69, 9.17) is 5.73 Å². The summed E-state index contributed by atoms with van der Waals surface area (Å²) >= 11 is 0. The van der Waals surface area contributed by atoms with Crippen molar-refractivity contribution in [3.63, 3.8) is 0 Å². The van der Waals surface area contributed by atoms with Gasteiger partial charge in [0.05, 0.1) is 12.5 Å². The molecule has 9 heteroatoms. The fourth-order valence-electron chi connectivity index (χ4n) is 1.80. The van der Waals surface area contributed by atoms with Crippen molar-refractivity contribution < 1.29 is 31.8 Å². The van der Waals surface area contributed by atoms with Crippen LogP contribution in [0.2, 0.25) is 0 Å². The van der Waals surface area contributed by atoms with E-state index < -0.39 is 35.7 Å². The first kappa shape index (κ1) is 21.5. The maximum absolute atomic E-state index is 13.1. The number of hydrogen-bond acceptors (Lipinski definition) is 4. The number of halogens is 5. The highest BCUT2D eigenvalue weighted by molar-refractivity contribution is 5.85. The third-order valence-corrected chi connectivity index (χ3v) is 3.24. The molecule has 0 aliphatic heterocycles. The van der Waals surface area contributed by atoms with Crippen molar-refractivity contribution in [1.29, 1.82) is 0 Å². The average Bonchev–Trinajstić information content (AvgIpc) is 2.45. The Bertz CT molecular complexity index is 541. The van der Waals surface area contributed by atoms with E-state index >= 15 is 0 Å². The predicted molar refractivity (Wildman–Crippen MR) is 78.0 cm³/mol. The van der Waals surface area contributed by atoms with E-state index in [1.54, 1.807) is 0 Å². The quantitative estimate of drug-likeness (QED) is 0.623. The molecule has 23 heavy (non-hydrogen) atoms. The summed E-state index contributed by atoms with van der Waals surface area (Å²) in [6.45, 7) is 2.90. The summed E-state index contributed by atoms with van der Waals surface area (Å²) in [4.78, 5) is 11.7. The normalized spacial score (nSPS) is 13.3. The van der Waals surface area contributed by atoms with Crippen LogP contribution in [0, 0.1) is 5.41 Å². The first-order valence-electron chi connectivity index (χ1n) is 6.32. The third kappa shape index (κ3) is 4.71. The molecule has 0 aliphatic carbocycles. The Labute approximate surface area is 137 Å². The maximum atomic E-state index is 13.1. The van der Waals surface area contributed by atoms with Crippen LogP contribution in [0.3, 0.4) is 0 Å². The van der Waals surface area contributed by atoms with Gasteiger partial charge in [-0.2, -0.15) is 17.6 Å². The van der Waals surface area contributed by atoms with Crippen molar-refractivity contribution in [3.8, 4) is 5.75 Å². The van der Waals surface area contributed by atoms with Crippen molar-refractivity contribution in [3.05, 3.63) is 29.8 Å². The Morgan fingerprint density at radius 3 is 2.22 bits per heavy atom. The zero-order chi connectivity index (χ0) is 17.1. The highest BCUT2D eigenvalue weighted by atomic mass is 35.5. The molecule has 0 amide bonds. The van der Waals surface area contributed by atoms with Gasteiger partial charge in [-0.15, -0.1) is 12.4 Å². The predicted octanol–water partition coefficient (Wildman–Crippen LogP) is 3.54. The molecule has 0 spiro atoms. The monoisotopic (exact) mass is 359 g/mol. The Morgan fingerprint density at radius 1 is 1.22 bits per heavy atom. The minimum absolute atomic E-state index is 0. The molecule has 4 nitrogen and oxygen atoms in total. The molecule has 0 fully saturated rings. The number of methoxy groups -OCH3 is 1. The van der Waals surface area contributed by atoms with E-state index in [2.05, 4.69) is 9.47 Å². The van der Waals surface area contributed by atoms with E-state index in [1.165, 1.54) is 32.0 Å². The van der Waals surface area contributed by atoms with Crippen LogP contribution in [0.15, 0.2) is 24.3 Å². The number of hydrogen-bond donors (Lipinski definition) is 1. The first-order valence-corrected chi connectivity index (χ1v) is 6.32. The van der Waals surface area contributed by atoms with Gasteiger partial charge in [-0.1, -0.05) is 18.2 Å². The number of benzene rings is 1. The van der Waals surface area contributed by atoms with E-state index in [1.807, 2.05) is 0 Å². The molecule has 0 saturated heterocycles. The third-order valence-electron chi connectivity index (χ3n) is 3.24. The lowest BCUT2D eigenvalue weighted by Gasteiger charge is -2.30. The number of carbonyl (C=O) groups excluding carboxylic acids is 1. The van der Waals surface area contributed by atoms with Crippen LogP contribution >= 0.6 is 12.4 Å². The second-order valence-corrected chi connectivity index (χ2v) is 5.19. The SMILES string of the molecule is COC(=O)C(C)(C)[C@@H](N)c1ccccc1OC(F)(F)C(F)F.Cl. The van der Waals surface area contributed by atoms with Crippen LogP contribution < -0.4 is 10.5 Å². The summed E-state index contributed by atoms with van der Waals surface area (Å²) in [6, 6.07) is 4.11. The number of ether oxygens (including phenoxy) is 2. The maximum Gasteiger partial charge on any atom is 0.461 e. The Balaban J connectivity index is 0.00000484. The first-order chi connectivity index (χ1) is 10.0. The van der Waals surface area contributed by atoms with E-state index in [0.29, 0.717) is 0 Å². The van der Waals surface area contributed by atoms with Crippen molar-refractivity contribution in [2.24, 2.45) is 11.1 Å². The van der Waals surface area contributed by atoms with Crippen LogP contribution in [0.4, 0.5) is 17.6 Å². The molecule has 0 radical (unpaired) electrons. The lowest BCUT2D eigenvalue weighted by Crippen LogP contribution is -2.39. The fraction of sp³-hybridized carbons (Fsp3) is 0.500. The lowest BCUT2D eigenvalue weighted by atomic mass is 9.80. The van der Waals surface area contributed by atoms with Gasteiger partial charge in [0.15, 0.2) is 0 Å². The minimum atomic E-state index is -4.66. The molecular formula is C14H18ClF4NO3. The zero-order valence-corrected chi connectivity index (χ0v) is 13.5. The van der Waals surface area contributed by atoms with Crippen LogP contribution in [0.1, 0.15) is 25.5 Å². The van der Waals surface area contributed by atoms with Gasteiger partial charge < -0.3 is 15.2 Å². The molecule has 0 bridgehead atoms. The van der Waals surface area contributed by atoms with E-state index in [9.17, 15) is 22.4 Å². The number of para-hydroxylation sites is 1. The summed E-state index contributed by atoms with van der Waals surface area (Å²) in [6.07, 6.45) is -8.66. The molecule has 0 heterocycles. The highest BCUT2D eigenvalue weighted by Crippen LogP contribution is 2.39. The smallest absolute Gasteiger partial charge is 0.461 e. The number of esters is 1. The van der Waals surface area contributed by atoms with Crippen molar-refractivity contribution in [2.75, 3.05) is 7.11 Å². The van der Waals surface area contributed by atoms with E-state index in [0.717, 1.165) is 13.2 Å². The molecule has 1 rings (SSSR count). The molecule has 0 aromatic heterocycles. The minimum Gasteiger partial charge on any atom is -0.469 e. The highest BCUT2D eigenvalue weighted by Gasteiger charge is 2.45. The lowest BCUT2D eigenvalue weighted by molar-refractivity contribution is -0.253. The van der Waals surface area contributed by atoms with Crippen LogP contribution in [-0.2, 0) is 9.53 Å². The summed E-state index contributed by atoms with van der Waals surface area (Å²) in [5.41, 5.74) is 4.66. The Kier molecular flexibility index (Phi) is 7.30. The molecule has 0 aliphatic rings. The number of alkyl halides is 4. The van der Waals surface area contributed by atoms with Crippen LogP contribution in [-0.4, -0.2) is 25.6 Å². The fourth-order valence-corrected chi connectivity index (χ4v) is 1.80. The van der Waals surface area contributed by atoms with Crippen LogP contribution in [0.5, 0.6) is 5.75 Å². The standard InChI is InChI=1S/C14H17F4NO3.ClH/c1-13(2,12(20)21-3)10(19)8-6-4-5-7-9(8)22-14(17,18)11(15)16;/h4-7,10-11H,19H2,1-3H3;1H/t10-;/m0./s1. The van der Waals surface area contributed by atoms with Crippen molar-refractivity contribution >= 4 is 18.4 Å². The summed E-state index contributed by atoms with van der Waals surface area (Å²) in [7, 11) is 1.16. The van der Waals surface area contributed by atoms with Gasteiger partial charge in [-0.05, 0) is 19.9 Å². The molecule has 2 N–H and O–H groups in total. The zero-order valence-electron chi connectivity index (χ0n) is 12.7. The second kappa shape index (κ2) is 7.83. The molecule has 0 saturated carbocycles. The van der Waals surface area contributed by atoms with Gasteiger partial charge in [-0.3, -0.25) is 4.79 Å². The molecule has 0 unspecified atom stereocenters. The van der Waals surface area contributed by atoms with Gasteiger partial charge in [0.2, 0.25) is 0 Å². The molecular weight excluding hydrogens is 342 g/mol. The molecule has 132 valence electrons. The number of rotatable bonds is 6. The Hall–Kier alpha value is -1.54. The molecule has 1 aromatic rings. The summed E-state index contributed by atoms with van der Waals surface area (Å²) in [5, 5.41) is 0. The van der Waals surface area contributed by atoms with Gasteiger partial charge in [0, 0.05) is 11.6 Å². The summed E-state index contributed by atoms with van der Waals surface area (Å²) in [5.74, 6) is -1.19. The summed E-state index contributed by atoms with van der Waals surface area (Å²) < 4.78 is 59.4. The van der Waals surface area contributed by atoms with Gasteiger partial charge in [-0.25, -0.2) is 0 Å². The van der Waals surface area contributed by atoms with Gasteiger partial charge >= 0.3 is 18.5 Å². The van der Waals surface area contributed by atoms with Crippen molar-refractivity contribution in [1.82, 2.24) is 0 Å². The van der Waals surface area contributed by atoms with Crippen molar-refractivity contribution in [2.45, 2.75) is 32.4 Å². The molecule has 1 atom stereocenters. The number of nitrogens with two attached hydrogens (primary N) is 1. The van der Waals surface area contributed by atoms with E-state index in [-0.39, 0.29) is 18.0 Å². The largest absolute Gasteiger partial charge is 0.469 e. The van der Waals surface area contributed by atoms with Gasteiger partial charge in [0.25, 0.3) is 0 Å². The molecule has 1 aromatic carbocycles. The van der Waals surface area contributed by atoms with Gasteiger partial charge in [0.1, 0.15) is 5.75 Å². The topological polar surface area (TPSA) is 61.5 Å².